The maximum atomic E-state index is 14.2. The Balaban J connectivity index is 1.94. The van der Waals surface area contributed by atoms with Gasteiger partial charge in [-0.05, 0) is 56.4 Å². The Morgan fingerprint density at radius 2 is 1.38 bits per heavy atom. The van der Waals surface area contributed by atoms with Gasteiger partial charge < -0.3 is 20.3 Å². The standard InChI is InChI=1S/C33H41N3O4/c1-6-24-18-20-27(21-19-24)29(30(37)34-23-26-16-12-9-13-17-26)36(7-2)31(38)28(22-25-14-10-8-11-15-25)35-32(39)40-33(3,4)5/h8-21,28-29H,6-7,22-23H2,1-5H3,(H,34,37)(H,35,39). The van der Waals surface area contributed by atoms with Gasteiger partial charge in [0.2, 0.25) is 11.8 Å². The fourth-order valence-electron chi connectivity index (χ4n) is 4.46. The molecule has 212 valence electrons. The van der Waals surface area contributed by atoms with Gasteiger partial charge in [-0.3, -0.25) is 9.59 Å². The van der Waals surface area contributed by atoms with Crippen molar-refractivity contribution < 1.29 is 19.1 Å². The minimum absolute atomic E-state index is 0.253. The molecule has 0 saturated carbocycles. The number of benzene rings is 3. The molecule has 0 spiro atoms. The third-order valence-corrected chi connectivity index (χ3v) is 6.47. The van der Waals surface area contributed by atoms with Crippen LogP contribution in [0.15, 0.2) is 84.9 Å². The SMILES string of the molecule is CCc1ccc(C(C(=O)NCc2ccccc2)N(CC)C(=O)C(Cc2ccccc2)NC(=O)OC(C)(C)C)cc1. The molecule has 0 aliphatic rings. The number of ether oxygens (including phenoxy) is 1. The molecule has 0 fully saturated rings. The lowest BCUT2D eigenvalue weighted by molar-refractivity contribution is -0.142. The maximum Gasteiger partial charge on any atom is 0.408 e. The van der Waals surface area contributed by atoms with Crippen molar-refractivity contribution in [2.24, 2.45) is 0 Å². The summed E-state index contributed by atoms with van der Waals surface area (Å²) < 4.78 is 5.48. The predicted molar refractivity (Wildman–Crippen MR) is 158 cm³/mol. The number of carbonyl (C=O) groups excluding carboxylic acids is 3. The number of hydrogen-bond donors (Lipinski definition) is 2. The zero-order chi connectivity index (χ0) is 29.1. The smallest absolute Gasteiger partial charge is 0.408 e. The summed E-state index contributed by atoms with van der Waals surface area (Å²) >= 11 is 0. The van der Waals surface area contributed by atoms with Crippen molar-refractivity contribution in [2.45, 2.75) is 71.7 Å². The molecule has 3 aromatic carbocycles. The Kier molecular flexibility index (Phi) is 10.9. The number of likely N-dealkylation sites (N-methyl/N-ethyl adjacent to an activating group) is 1. The number of hydrogen-bond acceptors (Lipinski definition) is 4. The molecular weight excluding hydrogens is 502 g/mol. The second-order valence-electron chi connectivity index (χ2n) is 10.7. The van der Waals surface area contributed by atoms with Gasteiger partial charge in [0.15, 0.2) is 0 Å². The van der Waals surface area contributed by atoms with E-state index in [-0.39, 0.29) is 24.8 Å². The van der Waals surface area contributed by atoms with Gasteiger partial charge in [-0.15, -0.1) is 0 Å². The molecule has 0 saturated heterocycles. The topological polar surface area (TPSA) is 87.7 Å². The van der Waals surface area contributed by atoms with E-state index < -0.39 is 23.8 Å². The lowest BCUT2D eigenvalue weighted by atomic mass is 9.99. The Morgan fingerprint density at radius 1 is 0.800 bits per heavy atom. The van der Waals surface area contributed by atoms with E-state index in [1.807, 2.05) is 91.9 Å². The number of nitrogens with one attached hydrogen (secondary N) is 2. The molecular formula is C33H41N3O4. The lowest BCUT2D eigenvalue weighted by Crippen LogP contribution is -2.53. The monoisotopic (exact) mass is 543 g/mol. The molecule has 0 aromatic heterocycles. The summed E-state index contributed by atoms with van der Waals surface area (Å²) in [4.78, 5) is 42.3. The van der Waals surface area contributed by atoms with E-state index in [1.165, 1.54) is 4.90 Å². The normalized spacial score (nSPS) is 12.6. The number of rotatable bonds is 11. The minimum atomic E-state index is -0.934. The molecule has 0 radical (unpaired) electrons. The molecule has 0 bridgehead atoms. The summed E-state index contributed by atoms with van der Waals surface area (Å²) in [7, 11) is 0. The fourth-order valence-corrected chi connectivity index (χ4v) is 4.46. The van der Waals surface area contributed by atoms with Crippen LogP contribution in [0, 0.1) is 0 Å². The van der Waals surface area contributed by atoms with Crippen molar-refractivity contribution in [3.05, 3.63) is 107 Å². The number of aryl methyl sites for hydroxylation is 1. The first-order valence-electron chi connectivity index (χ1n) is 13.9. The molecule has 7 heteroatoms. The van der Waals surface area contributed by atoms with E-state index in [1.54, 1.807) is 20.8 Å². The largest absolute Gasteiger partial charge is 0.444 e. The van der Waals surface area contributed by atoms with E-state index >= 15 is 0 Å². The highest BCUT2D eigenvalue weighted by Crippen LogP contribution is 2.24. The molecule has 0 heterocycles. The molecule has 3 amide bonds. The van der Waals surface area contributed by atoms with Crippen molar-refractivity contribution in [1.82, 2.24) is 15.5 Å². The first-order valence-corrected chi connectivity index (χ1v) is 13.9. The van der Waals surface area contributed by atoms with Gasteiger partial charge in [-0.2, -0.15) is 0 Å². The first-order chi connectivity index (χ1) is 19.1. The summed E-state index contributed by atoms with van der Waals surface area (Å²) in [5.74, 6) is -0.657. The van der Waals surface area contributed by atoms with Crippen LogP contribution < -0.4 is 10.6 Å². The summed E-state index contributed by atoms with van der Waals surface area (Å²) in [5, 5.41) is 5.79. The van der Waals surface area contributed by atoms with Crippen molar-refractivity contribution in [2.75, 3.05) is 6.54 Å². The van der Waals surface area contributed by atoms with Crippen LogP contribution in [0.5, 0.6) is 0 Å². The zero-order valence-corrected chi connectivity index (χ0v) is 24.1. The molecule has 0 aliphatic heterocycles. The van der Waals surface area contributed by atoms with Crippen LogP contribution >= 0.6 is 0 Å². The van der Waals surface area contributed by atoms with Gasteiger partial charge in [0.05, 0.1) is 0 Å². The van der Waals surface area contributed by atoms with Gasteiger partial charge in [0.25, 0.3) is 0 Å². The second kappa shape index (κ2) is 14.3. The van der Waals surface area contributed by atoms with Crippen LogP contribution in [0.3, 0.4) is 0 Å². The Morgan fingerprint density at radius 3 is 1.90 bits per heavy atom. The Bertz CT molecular complexity index is 1240. The van der Waals surface area contributed by atoms with E-state index in [9.17, 15) is 14.4 Å². The van der Waals surface area contributed by atoms with Crippen molar-refractivity contribution >= 4 is 17.9 Å². The molecule has 2 atom stereocenters. The average molecular weight is 544 g/mol. The van der Waals surface area contributed by atoms with E-state index in [4.69, 9.17) is 4.74 Å². The molecule has 2 N–H and O–H groups in total. The van der Waals surface area contributed by atoms with Crippen LogP contribution in [-0.2, 0) is 33.7 Å². The third kappa shape index (κ3) is 8.97. The van der Waals surface area contributed by atoms with Crippen LogP contribution in [0.25, 0.3) is 0 Å². The molecule has 0 aliphatic carbocycles. The van der Waals surface area contributed by atoms with E-state index in [2.05, 4.69) is 17.6 Å². The van der Waals surface area contributed by atoms with Gasteiger partial charge in [0, 0.05) is 19.5 Å². The summed E-state index contributed by atoms with van der Waals surface area (Å²) in [5.41, 5.74) is 2.95. The average Bonchev–Trinajstić information content (AvgIpc) is 2.94. The van der Waals surface area contributed by atoms with Crippen molar-refractivity contribution in [3.8, 4) is 0 Å². The molecule has 3 aromatic rings. The van der Waals surface area contributed by atoms with Crippen molar-refractivity contribution in [3.63, 3.8) is 0 Å². The van der Waals surface area contributed by atoms with E-state index in [0.29, 0.717) is 12.1 Å². The predicted octanol–water partition coefficient (Wildman–Crippen LogP) is 5.59. The lowest BCUT2D eigenvalue weighted by Gasteiger charge is -2.34. The van der Waals surface area contributed by atoms with Crippen molar-refractivity contribution in [1.29, 1.82) is 0 Å². The summed E-state index contributed by atoms with van der Waals surface area (Å²) in [6.45, 7) is 9.81. The molecule has 2 unspecified atom stereocenters. The van der Waals surface area contributed by atoms with Crippen LogP contribution in [0.4, 0.5) is 4.79 Å². The maximum absolute atomic E-state index is 14.2. The van der Waals surface area contributed by atoms with Crippen LogP contribution in [0.2, 0.25) is 0 Å². The van der Waals surface area contributed by atoms with E-state index in [0.717, 1.165) is 23.1 Å². The molecule has 40 heavy (non-hydrogen) atoms. The Hall–Kier alpha value is -4.13. The number of nitrogens with zero attached hydrogens (tertiary/aromatic N) is 1. The first kappa shape index (κ1) is 30.4. The second-order valence-corrected chi connectivity index (χ2v) is 10.7. The zero-order valence-electron chi connectivity index (χ0n) is 24.1. The third-order valence-electron chi connectivity index (χ3n) is 6.47. The quantitative estimate of drug-likeness (QED) is 0.330. The fraction of sp³-hybridized carbons (Fsp3) is 0.364. The van der Waals surface area contributed by atoms with Gasteiger partial charge >= 0.3 is 6.09 Å². The van der Waals surface area contributed by atoms with Gasteiger partial charge in [-0.1, -0.05) is 91.9 Å². The number of carbonyl (C=O) groups is 3. The number of amides is 3. The number of alkyl carbamates (subject to hydrolysis) is 1. The van der Waals surface area contributed by atoms with Gasteiger partial charge in [-0.25, -0.2) is 4.79 Å². The highest BCUT2D eigenvalue weighted by Gasteiger charge is 2.35. The summed E-state index contributed by atoms with van der Waals surface area (Å²) in [6.07, 6.45) is 0.429. The van der Waals surface area contributed by atoms with Crippen LogP contribution in [0.1, 0.15) is 62.9 Å². The molecule has 3 rings (SSSR count). The van der Waals surface area contributed by atoms with Gasteiger partial charge in [0.1, 0.15) is 17.7 Å². The highest BCUT2D eigenvalue weighted by atomic mass is 16.6. The summed E-state index contributed by atoms with van der Waals surface area (Å²) in [6, 6.07) is 25.0. The van der Waals surface area contributed by atoms with Crippen LogP contribution in [-0.4, -0.2) is 41.0 Å². The minimum Gasteiger partial charge on any atom is -0.444 e. The Labute approximate surface area is 237 Å². The highest BCUT2D eigenvalue weighted by molar-refractivity contribution is 5.92. The molecule has 7 nitrogen and oxygen atoms in total.